The van der Waals surface area contributed by atoms with Crippen molar-refractivity contribution in [3.63, 3.8) is 0 Å². The number of primary amides is 1. The van der Waals surface area contributed by atoms with E-state index in [1.165, 1.54) is 0 Å². The second kappa shape index (κ2) is 9.46. The molecule has 180 valence electrons. The molecule has 34 heavy (non-hydrogen) atoms. The molecule has 5 rings (SSSR count). The first-order valence-electron chi connectivity index (χ1n) is 11.3. The Morgan fingerprint density at radius 2 is 2.00 bits per heavy atom. The van der Waals surface area contributed by atoms with Gasteiger partial charge in [-0.2, -0.15) is 4.98 Å². The maximum atomic E-state index is 12.8. The van der Waals surface area contributed by atoms with E-state index in [1.54, 1.807) is 12.4 Å². The fraction of sp³-hybridized carbons (Fsp3) is 0.500. The Morgan fingerprint density at radius 3 is 2.68 bits per heavy atom. The van der Waals surface area contributed by atoms with Crippen LogP contribution in [0.1, 0.15) is 43.6 Å². The summed E-state index contributed by atoms with van der Waals surface area (Å²) in [6.07, 6.45) is 9.50. The molecule has 0 bridgehead atoms. The third-order valence-corrected chi connectivity index (χ3v) is 8.16. The molecule has 4 heterocycles. The molecule has 2 aromatic rings. The zero-order valence-corrected chi connectivity index (χ0v) is 20.2. The minimum atomic E-state index is -1.16. The predicted octanol–water partition coefficient (Wildman–Crippen LogP) is 2.70. The van der Waals surface area contributed by atoms with Crippen LogP contribution in [0.2, 0.25) is 5.02 Å². The predicted molar refractivity (Wildman–Crippen MR) is 129 cm³/mol. The first-order chi connectivity index (χ1) is 16.4. The highest BCUT2D eigenvalue weighted by molar-refractivity contribution is 7.85. The molecular weight excluding hydrogens is 478 g/mol. The number of fused-ring (bicyclic) bond motifs is 1. The van der Waals surface area contributed by atoms with Gasteiger partial charge in [0.2, 0.25) is 5.95 Å². The van der Waals surface area contributed by atoms with E-state index in [-0.39, 0.29) is 6.61 Å². The number of nitrogens with two attached hydrogens (primary N) is 1. The lowest BCUT2D eigenvalue weighted by atomic mass is 9.99. The van der Waals surface area contributed by atoms with Crippen molar-refractivity contribution < 1.29 is 13.7 Å². The summed E-state index contributed by atoms with van der Waals surface area (Å²) in [5, 5.41) is 4.01. The molecule has 3 aliphatic rings. The highest BCUT2D eigenvalue weighted by Gasteiger charge is 2.38. The molecule has 12 heteroatoms. The molecule has 0 saturated heterocycles. The topological polar surface area (TPSA) is 136 Å². The molecule has 0 aromatic carbocycles. The van der Waals surface area contributed by atoms with Gasteiger partial charge in [-0.25, -0.2) is 19.7 Å². The Morgan fingerprint density at radius 1 is 1.24 bits per heavy atom. The monoisotopic (exact) mass is 503 g/mol. The van der Waals surface area contributed by atoms with E-state index in [0.29, 0.717) is 52.8 Å². The van der Waals surface area contributed by atoms with Crippen LogP contribution < -0.4 is 16.0 Å². The standard InChI is InChI=1S/C22H26ClN7O3S/c23-15-11-25-18(26-12-15)14-3-8-30(9-4-14)21-27-16-5-10-34(32)17(16)19(28-21)29-22(6-1-2-7-22)13-33-20(24)31/h3,11-12H,1-2,4-10,13H2,(H2,24,31)(H,27,28,29)/t34-/m1/s1. The summed E-state index contributed by atoms with van der Waals surface area (Å²) in [5.74, 6) is 2.37. The van der Waals surface area contributed by atoms with Crippen LogP contribution in [-0.4, -0.2) is 61.2 Å². The zero-order valence-electron chi connectivity index (χ0n) is 18.6. The minimum Gasteiger partial charge on any atom is -0.447 e. The zero-order chi connectivity index (χ0) is 23.7. The number of hydrogen-bond donors (Lipinski definition) is 2. The normalized spacial score (nSPS) is 21.1. The second-order valence-electron chi connectivity index (χ2n) is 8.82. The van der Waals surface area contributed by atoms with Crippen LogP contribution >= 0.6 is 11.6 Å². The highest BCUT2D eigenvalue weighted by atomic mass is 35.5. The lowest BCUT2D eigenvalue weighted by Gasteiger charge is -2.32. The van der Waals surface area contributed by atoms with Crippen LogP contribution in [0.3, 0.4) is 0 Å². The quantitative estimate of drug-likeness (QED) is 0.609. The fourth-order valence-corrected chi connectivity index (χ4v) is 6.16. The van der Waals surface area contributed by atoms with Gasteiger partial charge in [-0.1, -0.05) is 30.5 Å². The van der Waals surface area contributed by atoms with E-state index < -0.39 is 22.4 Å². The fourth-order valence-electron chi connectivity index (χ4n) is 4.76. The summed E-state index contributed by atoms with van der Waals surface area (Å²) in [4.78, 5) is 32.2. The van der Waals surface area contributed by atoms with E-state index in [0.717, 1.165) is 43.4 Å². The highest BCUT2D eigenvalue weighted by Crippen LogP contribution is 2.37. The van der Waals surface area contributed by atoms with Crippen molar-refractivity contribution in [2.75, 3.05) is 35.7 Å². The first-order valence-corrected chi connectivity index (χ1v) is 13.0. The molecule has 1 saturated carbocycles. The summed E-state index contributed by atoms with van der Waals surface area (Å²) >= 11 is 5.90. The van der Waals surface area contributed by atoms with Gasteiger partial charge in [-0.15, -0.1) is 0 Å². The minimum absolute atomic E-state index is 0.153. The van der Waals surface area contributed by atoms with Gasteiger partial charge in [0.25, 0.3) is 0 Å². The van der Waals surface area contributed by atoms with Gasteiger partial charge >= 0.3 is 6.09 Å². The van der Waals surface area contributed by atoms with Gasteiger partial charge in [0.05, 0.1) is 27.1 Å². The third kappa shape index (κ3) is 4.72. The number of aryl methyl sites for hydroxylation is 1. The van der Waals surface area contributed by atoms with Gasteiger partial charge in [0, 0.05) is 37.7 Å². The molecule has 0 unspecified atom stereocenters. The summed E-state index contributed by atoms with van der Waals surface area (Å²) in [7, 11) is -1.16. The molecule has 3 N–H and O–H groups in total. The van der Waals surface area contributed by atoms with E-state index in [1.807, 2.05) is 0 Å². The Bertz CT molecular complexity index is 1150. The van der Waals surface area contributed by atoms with E-state index in [2.05, 4.69) is 26.3 Å². The average Bonchev–Trinajstić information content (AvgIpc) is 3.45. The van der Waals surface area contributed by atoms with Gasteiger partial charge in [0.1, 0.15) is 17.3 Å². The number of carbonyl (C=O) groups excluding carboxylic acids is 1. The molecule has 0 radical (unpaired) electrons. The van der Waals surface area contributed by atoms with Crippen LogP contribution in [0.5, 0.6) is 0 Å². The Balaban J connectivity index is 1.41. The van der Waals surface area contributed by atoms with Crippen molar-refractivity contribution >= 4 is 45.8 Å². The van der Waals surface area contributed by atoms with Crippen molar-refractivity contribution in [3.05, 3.63) is 35.0 Å². The van der Waals surface area contributed by atoms with E-state index >= 15 is 0 Å². The number of nitrogens with one attached hydrogen (secondary N) is 1. The maximum Gasteiger partial charge on any atom is 0.404 e. The number of hydrogen-bond acceptors (Lipinski definition) is 9. The SMILES string of the molecule is NC(=O)OCC1(Nc2nc(N3CC=C(c4ncc(Cl)cn4)CC3)nc3c2[S@](=O)CC3)CCCC1. The van der Waals surface area contributed by atoms with E-state index in [4.69, 9.17) is 32.0 Å². The summed E-state index contributed by atoms with van der Waals surface area (Å²) in [6.45, 7) is 1.47. The molecule has 2 aromatic heterocycles. The number of halogens is 1. The smallest absolute Gasteiger partial charge is 0.404 e. The number of amides is 1. The largest absolute Gasteiger partial charge is 0.447 e. The Hall–Kier alpha value is -2.79. The number of carbonyl (C=O) groups is 1. The molecule has 1 aliphatic carbocycles. The Kier molecular flexibility index (Phi) is 6.39. The van der Waals surface area contributed by atoms with Crippen LogP contribution in [0.4, 0.5) is 16.6 Å². The maximum absolute atomic E-state index is 12.8. The average molecular weight is 504 g/mol. The molecular formula is C22H26ClN7O3S. The first kappa shape index (κ1) is 23.0. The van der Waals surface area contributed by atoms with Gasteiger partial charge in [-0.05, 0) is 24.8 Å². The van der Waals surface area contributed by atoms with Crippen molar-refractivity contribution in [1.29, 1.82) is 0 Å². The second-order valence-corrected chi connectivity index (χ2v) is 10.8. The third-order valence-electron chi connectivity index (χ3n) is 6.51. The lowest BCUT2D eigenvalue weighted by molar-refractivity contribution is 0.132. The van der Waals surface area contributed by atoms with E-state index in [9.17, 15) is 9.00 Å². The number of rotatable bonds is 6. The van der Waals surface area contributed by atoms with Gasteiger partial charge < -0.3 is 20.7 Å². The molecule has 1 amide bonds. The molecule has 1 fully saturated rings. The van der Waals surface area contributed by atoms with Crippen molar-refractivity contribution in [1.82, 2.24) is 19.9 Å². The van der Waals surface area contributed by atoms with Crippen LogP contribution in [0.25, 0.3) is 5.57 Å². The summed E-state index contributed by atoms with van der Waals surface area (Å²) in [6, 6.07) is 0. The molecule has 0 spiro atoms. The number of ether oxygens (including phenoxy) is 1. The van der Waals surface area contributed by atoms with Crippen LogP contribution in [0.15, 0.2) is 23.4 Å². The summed E-state index contributed by atoms with van der Waals surface area (Å²) < 4.78 is 18.0. The molecule has 1 atom stereocenters. The van der Waals surface area contributed by atoms with Crippen molar-refractivity contribution in [2.45, 2.75) is 49.0 Å². The number of aromatic nitrogens is 4. The van der Waals surface area contributed by atoms with Crippen molar-refractivity contribution in [2.24, 2.45) is 5.73 Å². The molecule has 2 aliphatic heterocycles. The molecule has 10 nitrogen and oxygen atoms in total. The number of anilines is 2. The summed E-state index contributed by atoms with van der Waals surface area (Å²) in [5.41, 5.74) is 6.62. The Labute approximate surface area is 204 Å². The van der Waals surface area contributed by atoms with Crippen LogP contribution in [0, 0.1) is 0 Å². The number of nitrogens with zero attached hydrogens (tertiary/aromatic N) is 5. The van der Waals surface area contributed by atoms with Crippen LogP contribution in [-0.2, 0) is 22.0 Å². The van der Waals surface area contributed by atoms with Gasteiger partial charge in [0.15, 0.2) is 5.82 Å². The lowest BCUT2D eigenvalue weighted by Crippen LogP contribution is -2.42. The van der Waals surface area contributed by atoms with Gasteiger partial charge in [-0.3, -0.25) is 4.21 Å². The van der Waals surface area contributed by atoms with Crippen molar-refractivity contribution in [3.8, 4) is 0 Å².